The molecule has 108 valence electrons. The van der Waals surface area contributed by atoms with Gasteiger partial charge in [-0.15, -0.1) is 0 Å². The second-order valence-corrected chi connectivity index (χ2v) is 6.37. The van der Waals surface area contributed by atoms with Crippen LogP contribution < -0.4 is 0 Å². The Balaban J connectivity index is 2.67. The maximum absolute atomic E-state index is 11.6. The van der Waals surface area contributed by atoms with Crippen molar-refractivity contribution < 1.29 is 9.59 Å². The van der Waals surface area contributed by atoms with E-state index in [9.17, 15) is 9.59 Å². The molecule has 0 spiro atoms. The molecule has 1 heterocycles. The minimum absolute atomic E-state index is 0.0150. The number of hydrogen-bond donors (Lipinski definition) is 0. The van der Waals surface area contributed by atoms with Crippen LogP contribution in [0.2, 0.25) is 0 Å². The molecule has 0 aliphatic carbocycles. The molecule has 0 aromatic carbocycles. The summed E-state index contributed by atoms with van der Waals surface area (Å²) >= 11 is 0. The number of rotatable bonds is 7. The summed E-state index contributed by atoms with van der Waals surface area (Å²) < 4.78 is 0. The monoisotopic (exact) mass is 265 g/mol. The van der Waals surface area contributed by atoms with Crippen LogP contribution in [0.4, 0.5) is 0 Å². The zero-order chi connectivity index (χ0) is 14.6. The van der Waals surface area contributed by atoms with Gasteiger partial charge in [0.05, 0.1) is 0 Å². The van der Waals surface area contributed by atoms with Crippen molar-refractivity contribution in [2.75, 3.05) is 6.54 Å². The van der Waals surface area contributed by atoms with Gasteiger partial charge in [0.25, 0.3) is 0 Å². The van der Waals surface area contributed by atoms with Crippen LogP contribution in [0.5, 0.6) is 0 Å². The highest BCUT2D eigenvalue weighted by Crippen LogP contribution is 2.38. The van der Waals surface area contributed by atoms with Crippen molar-refractivity contribution in [3.05, 3.63) is 12.2 Å². The van der Waals surface area contributed by atoms with E-state index in [4.69, 9.17) is 0 Å². The Morgan fingerprint density at radius 1 is 1.32 bits per heavy atom. The smallest absolute Gasteiger partial charge is 0.229 e. The predicted octanol–water partition coefficient (Wildman–Crippen LogP) is 3.54. The lowest BCUT2D eigenvalue weighted by molar-refractivity contribution is -0.138. The van der Waals surface area contributed by atoms with Gasteiger partial charge in [-0.3, -0.25) is 14.5 Å². The fourth-order valence-electron chi connectivity index (χ4n) is 3.25. The van der Waals surface area contributed by atoms with Gasteiger partial charge in [0.15, 0.2) is 0 Å². The van der Waals surface area contributed by atoms with Crippen LogP contribution in [0.25, 0.3) is 0 Å². The van der Waals surface area contributed by atoms with Gasteiger partial charge in [-0.1, -0.05) is 39.3 Å². The molecule has 3 heteroatoms. The van der Waals surface area contributed by atoms with Crippen LogP contribution in [0.1, 0.15) is 59.8 Å². The number of allylic oxidation sites excluding steroid dienone is 1. The highest BCUT2D eigenvalue weighted by molar-refractivity contribution is 6.01. The van der Waals surface area contributed by atoms with Crippen LogP contribution in [0, 0.1) is 11.3 Å². The van der Waals surface area contributed by atoms with Crippen molar-refractivity contribution in [2.24, 2.45) is 11.3 Å². The average molecular weight is 265 g/mol. The van der Waals surface area contributed by atoms with E-state index < -0.39 is 0 Å². The molecule has 19 heavy (non-hydrogen) atoms. The van der Waals surface area contributed by atoms with E-state index in [1.807, 2.05) is 0 Å². The first-order valence-corrected chi connectivity index (χ1v) is 7.28. The Hall–Kier alpha value is -1.12. The molecule has 3 nitrogen and oxygen atoms in total. The van der Waals surface area contributed by atoms with Crippen molar-refractivity contribution in [1.29, 1.82) is 0 Å². The van der Waals surface area contributed by atoms with E-state index in [1.165, 1.54) is 4.90 Å². The van der Waals surface area contributed by atoms with Crippen LogP contribution in [0.3, 0.4) is 0 Å². The molecule has 0 aromatic heterocycles. The van der Waals surface area contributed by atoms with Gasteiger partial charge in [-0.2, -0.15) is 0 Å². The number of imide groups is 1. The number of hydrogen-bond acceptors (Lipinski definition) is 2. The molecule has 1 fully saturated rings. The highest BCUT2D eigenvalue weighted by Gasteiger charge is 2.33. The largest absolute Gasteiger partial charge is 0.283 e. The Morgan fingerprint density at radius 2 is 1.84 bits per heavy atom. The third-order valence-electron chi connectivity index (χ3n) is 4.23. The lowest BCUT2D eigenvalue weighted by Crippen LogP contribution is -2.34. The Bertz CT molecular complexity index is 355. The molecule has 0 unspecified atom stereocenters. The van der Waals surface area contributed by atoms with E-state index in [1.54, 1.807) is 0 Å². The van der Waals surface area contributed by atoms with Crippen molar-refractivity contribution in [1.82, 2.24) is 4.90 Å². The predicted molar refractivity (Wildman–Crippen MR) is 77.6 cm³/mol. The minimum atomic E-state index is -0.0150. The molecule has 2 amide bonds. The number of likely N-dealkylation sites (tertiary alicyclic amines) is 1. The van der Waals surface area contributed by atoms with Gasteiger partial charge in [0.1, 0.15) is 0 Å². The third-order valence-corrected chi connectivity index (χ3v) is 4.23. The maximum atomic E-state index is 11.6. The fraction of sp³-hybridized carbons (Fsp3) is 0.750. The molecule has 0 saturated carbocycles. The number of carbonyl (C=O) groups is 2. The fourth-order valence-corrected chi connectivity index (χ4v) is 3.25. The van der Waals surface area contributed by atoms with Gasteiger partial charge in [-0.05, 0) is 31.1 Å². The minimum Gasteiger partial charge on any atom is -0.283 e. The van der Waals surface area contributed by atoms with E-state index in [-0.39, 0.29) is 17.2 Å². The van der Waals surface area contributed by atoms with Crippen molar-refractivity contribution in [3.8, 4) is 0 Å². The lowest BCUT2D eigenvalue weighted by atomic mass is 9.71. The van der Waals surface area contributed by atoms with Crippen LogP contribution >= 0.6 is 0 Å². The number of amides is 2. The molecule has 1 aliphatic heterocycles. The molecule has 1 atom stereocenters. The third kappa shape index (κ3) is 3.92. The molecule has 1 saturated heterocycles. The number of carbonyl (C=O) groups excluding carboxylic acids is 2. The Kier molecular flexibility index (Phi) is 5.33. The van der Waals surface area contributed by atoms with E-state index in [2.05, 4.69) is 34.3 Å². The summed E-state index contributed by atoms with van der Waals surface area (Å²) in [6, 6.07) is 0. The summed E-state index contributed by atoms with van der Waals surface area (Å²) in [6.45, 7) is 13.4. The molecule has 0 bridgehead atoms. The SMILES string of the molecule is C=C(C)[C@@H](CCN1C(=O)CCC1=O)C(C)(C)CCC. The van der Waals surface area contributed by atoms with Gasteiger partial charge in [-0.25, -0.2) is 0 Å². The van der Waals surface area contributed by atoms with Gasteiger partial charge < -0.3 is 0 Å². The summed E-state index contributed by atoms with van der Waals surface area (Å²) in [5.74, 6) is 0.325. The second kappa shape index (κ2) is 6.36. The Labute approximate surface area is 117 Å². The first kappa shape index (κ1) is 15.9. The summed E-state index contributed by atoms with van der Waals surface area (Å²) in [6.07, 6.45) is 3.87. The highest BCUT2D eigenvalue weighted by atomic mass is 16.2. The lowest BCUT2D eigenvalue weighted by Gasteiger charge is -2.35. The quantitative estimate of drug-likeness (QED) is 0.521. The van der Waals surface area contributed by atoms with Gasteiger partial charge in [0.2, 0.25) is 11.8 Å². The summed E-state index contributed by atoms with van der Waals surface area (Å²) in [5.41, 5.74) is 1.32. The van der Waals surface area contributed by atoms with Gasteiger partial charge >= 0.3 is 0 Å². The first-order chi connectivity index (χ1) is 8.79. The van der Waals surface area contributed by atoms with Crippen LogP contribution in [0.15, 0.2) is 12.2 Å². The van der Waals surface area contributed by atoms with Crippen molar-refractivity contribution >= 4 is 11.8 Å². The molecule has 0 radical (unpaired) electrons. The van der Waals surface area contributed by atoms with Crippen LogP contribution in [-0.4, -0.2) is 23.3 Å². The molecule has 1 aliphatic rings. The Morgan fingerprint density at radius 3 is 2.26 bits per heavy atom. The summed E-state index contributed by atoms with van der Waals surface area (Å²) in [7, 11) is 0. The standard InChI is InChI=1S/C16H27NO2/c1-6-10-16(4,5)13(12(2)3)9-11-17-14(18)7-8-15(17)19/h13H,2,6-11H2,1,3-5H3/t13-/m1/s1. The number of nitrogens with zero attached hydrogens (tertiary/aromatic N) is 1. The molecular weight excluding hydrogens is 238 g/mol. The first-order valence-electron chi connectivity index (χ1n) is 7.28. The average Bonchev–Trinajstić information content (AvgIpc) is 2.59. The molecule has 1 rings (SSSR count). The molecular formula is C16H27NO2. The second-order valence-electron chi connectivity index (χ2n) is 6.37. The van der Waals surface area contributed by atoms with Gasteiger partial charge in [0, 0.05) is 19.4 Å². The van der Waals surface area contributed by atoms with E-state index >= 15 is 0 Å². The van der Waals surface area contributed by atoms with E-state index in [0.29, 0.717) is 25.3 Å². The van der Waals surface area contributed by atoms with Crippen molar-refractivity contribution in [2.45, 2.75) is 59.8 Å². The van der Waals surface area contributed by atoms with Crippen LogP contribution in [-0.2, 0) is 9.59 Å². The zero-order valence-corrected chi connectivity index (χ0v) is 12.8. The van der Waals surface area contributed by atoms with E-state index in [0.717, 1.165) is 24.8 Å². The normalized spacial score (nSPS) is 18.0. The van der Waals surface area contributed by atoms with Crippen molar-refractivity contribution in [3.63, 3.8) is 0 Å². The topological polar surface area (TPSA) is 37.4 Å². The zero-order valence-electron chi connectivity index (χ0n) is 12.8. The molecule has 0 aromatic rings. The maximum Gasteiger partial charge on any atom is 0.229 e. The summed E-state index contributed by atoms with van der Waals surface area (Å²) in [4.78, 5) is 24.7. The summed E-state index contributed by atoms with van der Waals surface area (Å²) in [5, 5.41) is 0. The molecule has 0 N–H and O–H groups in total.